The molecule has 1 atom stereocenters. The fourth-order valence-corrected chi connectivity index (χ4v) is 2.80. The zero-order valence-corrected chi connectivity index (χ0v) is 15.3. The van der Waals surface area contributed by atoms with Gasteiger partial charge in [-0.05, 0) is 61.4 Å². The summed E-state index contributed by atoms with van der Waals surface area (Å²) in [7, 11) is 2.02. The topological polar surface area (TPSA) is 42.8 Å². The molecule has 0 radical (unpaired) electrons. The maximum absolute atomic E-state index is 12.2. The van der Waals surface area contributed by atoms with Gasteiger partial charge in [0, 0.05) is 11.3 Å². The highest BCUT2D eigenvalue weighted by Crippen LogP contribution is 2.13. The summed E-state index contributed by atoms with van der Waals surface area (Å²) in [4.78, 5) is 13.4. The lowest BCUT2D eigenvalue weighted by molar-refractivity contribution is -0.885. The minimum Gasteiger partial charge on any atom is -0.490 e. The first-order chi connectivity index (χ1) is 12.0. The molecule has 2 N–H and O–H groups in total. The van der Waals surface area contributed by atoms with Gasteiger partial charge in [-0.3, -0.25) is 4.79 Å². The monoisotopic (exact) mass is 339 g/mol. The Kier molecular flexibility index (Phi) is 6.78. The van der Waals surface area contributed by atoms with Gasteiger partial charge in [-0.25, -0.2) is 0 Å². The minimum absolute atomic E-state index is 0.0217. The molecule has 0 spiro atoms. The van der Waals surface area contributed by atoms with Crippen molar-refractivity contribution < 1.29 is 14.4 Å². The fourth-order valence-electron chi connectivity index (χ4n) is 2.80. The van der Waals surface area contributed by atoms with E-state index in [0.717, 1.165) is 34.0 Å². The number of hydrogen-bond acceptors (Lipinski definition) is 2. The van der Waals surface area contributed by atoms with Crippen LogP contribution in [-0.2, 0) is 11.3 Å². The molecule has 4 heteroatoms. The second kappa shape index (κ2) is 9.04. The first-order valence-corrected chi connectivity index (χ1v) is 8.48. The van der Waals surface area contributed by atoms with Crippen LogP contribution in [0.4, 0.5) is 5.69 Å². The van der Waals surface area contributed by atoms with Crippen LogP contribution in [0.25, 0.3) is 0 Å². The van der Waals surface area contributed by atoms with Crippen LogP contribution >= 0.6 is 0 Å². The van der Waals surface area contributed by atoms with Crippen LogP contribution in [0.15, 0.2) is 55.1 Å². The molecule has 1 amide bonds. The number of hydrogen-bond donors (Lipinski definition) is 2. The van der Waals surface area contributed by atoms with Gasteiger partial charge >= 0.3 is 0 Å². The van der Waals surface area contributed by atoms with Crippen molar-refractivity contribution in [2.24, 2.45) is 0 Å². The molecule has 0 aliphatic heterocycles. The van der Waals surface area contributed by atoms with Crippen LogP contribution in [0, 0.1) is 13.8 Å². The SMILES string of the molecule is C=CCOc1ccc(C[NH+](C)CC(=O)Nc2cc(C)cc(C)c2)cc1. The molecular weight excluding hydrogens is 312 g/mol. The molecule has 2 rings (SSSR count). The zero-order valence-electron chi connectivity index (χ0n) is 15.3. The fraction of sp³-hybridized carbons (Fsp3) is 0.286. The summed E-state index contributed by atoms with van der Waals surface area (Å²) < 4.78 is 5.48. The predicted molar refractivity (Wildman–Crippen MR) is 102 cm³/mol. The Morgan fingerprint density at radius 3 is 2.40 bits per heavy atom. The number of likely N-dealkylation sites (N-methyl/N-ethyl adjacent to an activating group) is 1. The molecule has 4 nitrogen and oxygen atoms in total. The third-order valence-corrected chi connectivity index (χ3v) is 3.76. The van der Waals surface area contributed by atoms with E-state index in [1.54, 1.807) is 6.08 Å². The Labute approximate surface area is 150 Å². The van der Waals surface area contributed by atoms with Gasteiger partial charge in [0.05, 0.1) is 7.05 Å². The molecular formula is C21H27N2O2+. The predicted octanol–water partition coefficient (Wildman–Crippen LogP) is 2.52. The molecule has 0 saturated heterocycles. The molecule has 0 fully saturated rings. The van der Waals surface area contributed by atoms with E-state index < -0.39 is 0 Å². The highest BCUT2D eigenvalue weighted by atomic mass is 16.5. The molecule has 2 aromatic carbocycles. The van der Waals surface area contributed by atoms with Crippen molar-refractivity contribution in [2.75, 3.05) is 25.5 Å². The Morgan fingerprint density at radius 2 is 1.80 bits per heavy atom. The van der Waals surface area contributed by atoms with Crippen molar-refractivity contribution in [3.05, 3.63) is 71.8 Å². The molecule has 0 saturated carbocycles. The van der Waals surface area contributed by atoms with E-state index in [1.807, 2.05) is 57.3 Å². The standard InChI is InChI=1S/C21H26N2O2/c1-5-10-25-20-8-6-18(7-9-20)14-23(4)15-21(24)22-19-12-16(2)11-17(3)13-19/h5-9,11-13H,1,10,14-15H2,2-4H3,(H,22,24)/p+1. The van der Waals surface area contributed by atoms with Gasteiger partial charge in [-0.1, -0.05) is 18.7 Å². The van der Waals surface area contributed by atoms with E-state index in [1.165, 1.54) is 5.56 Å². The number of benzene rings is 2. The second-order valence-corrected chi connectivity index (χ2v) is 6.48. The summed E-state index contributed by atoms with van der Waals surface area (Å²) in [5.41, 5.74) is 4.33. The molecule has 2 aromatic rings. The minimum atomic E-state index is 0.0217. The number of carbonyl (C=O) groups is 1. The number of carbonyl (C=O) groups excluding carboxylic acids is 1. The summed E-state index contributed by atoms with van der Waals surface area (Å²) in [5, 5.41) is 2.98. The molecule has 0 aromatic heterocycles. The first kappa shape index (κ1) is 18.7. The molecule has 0 bridgehead atoms. The van der Waals surface area contributed by atoms with E-state index in [4.69, 9.17) is 4.74 Å². The van der Waals surface area contributed by atoms with Crippen molar-refractivity contribution in [3.8, 4) is 5.75 Å². The summed E-state index contributed by atoms with van der Waals surface area (Å²) in [6, 6.07) is 14.0. The van der Waals surface area contributed by atoms with E-state index in [0.29, 0.717) is 13.2 Å². The van der Waals surface area contributed by atoms with E-state index in [-0.39, 0.29) is 5.91 Å². The van der Waals surface area contributed by atoms with E-state index in [9.17, 15) is 4.79 Å². The Balaban J connectivity index is 1.85. The van der Waals surface area contributed by atoms with Gasteiger partial charge in [0.25, 0.3) is 5.91 Å². The number of anilines is 1. The lowest BCUT2D eigenvalue weighted by Gasteiger charge is -2.15. The average Bonchev–Trinajstić information content (AvgIpc) is 2.52. The smallest absolute Gasteiger partial charge is 0.279 e. The highest BCUT2D eigenvalue weighted by Gasteiger charge is 2.11. The Hall–Kier alpha value is -2.59. The Morgan fingerprint density at radius 1 is 1.16 bits per heavy atom. The van der Waals surface area contributed by atoms with Crippen molar-refractivity contribution >= 4 is 11.6 Å². The lowest BCUT2D eigenvalue weighted by Crippen LogP contribution is -3.08. The van der Waals surface area contributed by atoms with Crippen LogP contribution in [-0.4, -0.2) is 26.1 Å². The van der Waals surface area contributed by atoms with Crippen LogP contribution in [0.5, 0.6) is 5.75 Å². The van der Waals surface area contributed by atoms with Crippen molar-refractivity contribution in [3.63, 3.8) is 0 Å². The number of rotatable bonds is 8. The molecule has 1 unspecified atom stereocenters. The summed E-state index contributed by atoms with van der Waals surface area (Å²) in [6.07, 6.45) is 1.72. The number of amides is 1. The van der Waals surface area contributed by atoms with Gasteiger partial charge < -0.3 is 15.0 Å². The molecule has 0 aliphatic rings. The second-order valence-electron chi connectivity index (χ2n) is 6.48. The number of quaternary nitrogens is 1. The summed E-state index contributed by atoms with van der Waals surface area (Å²) in [6.45, 7) is 9.40. The molecule has 0 aliphatic carbocycles. The van der Waals surface area contributed by atoms with Crippen LogP contribution in [0.3, 0.4) is 0 Å². The first-order valence-electron chi connectivity index (χ1n) is 8.48. The normalized spacial score (nSPS) is 11.6. The van der Waals surface area contributed by atoms with Gasteiger partial charge in [-0.2, -0.15) is 0 Å². The average molecular weight is 339 g/mol. The maximum atomic E-state index is 12.2. The number of ether oxygens (including phenoxy) is 1. The van der Waals surface area contributed by atoms with Gasteiger partial charge in [-0.15, -0.1) is 0 Å². The molecule has 25 heavy (non-hydrogen) atoms. The van der Waals surface area contributed by atoms with Crippen LogP contribution in [0.1, 0.15) is 16.7 Å². The Bertz CT molecular complexity index is 703. The third kappa shape index (κ3) is 6.43. The van der Waals surface area contributed by atoms with Crippen LogP contribution < -0.4 is 15.0 Å². The third-order valence-electron chi connectivity index (χ3n) is 3.76. The van der Waals surface area contributed by atoms with E-state index >= 15 is 0 Å². The zero-order chi connectivity index (χ0) is 18.2. The van der Waals surface area contributed by atoms with Crippen LogP contribution in [0.2, 0.25) is 0 Å². The molecule has 132 valence electrons. The van der Waals surface area contributed by atoms with Crippen molar-refractivity contribution in [2.45, 2.75) is 20.4 Å². The summed E-state index contributed by atoms with van der Waals surface area (Å²) >= 11 is 0. The van der Waals surface area contributed by atoms with Gasteiger partial charge in [0.15, 0.2) is 6.54 Å². The largest absolute Gasteiger partial charge is 0.490 e. The number of aryl methyl sites for hydroxylation is 2. The quantitative estimate of drug-likeness (QED) is 0.726. The number of nitrogens with one attached hydrogen (secondary N) is 2. The maximum Gasteiger partial charge on any atom is 0.279 e. The van der Waals surface area contributed by atoms with Crippen molar-refractivity contribution in [1.82, 2.24) is 0 Å². The van der Waals surface area contributed by atoms with Crippen molar-refractivity contribution in [1.29, 1.82) is 0 Å². The summed E-state index contributed by atoms with van der Waals surface area (Å²) in [5.74, 6) is 0.849. The van der Waals surface area contributed by atoms with Gasteiger partial charge in [0.2, 0.25) is 0 Å². The van der Waals surface area contributed by atoms with Gasteiger partial charge in [0.1, 0.15) is 18.9 Å². The molecule has 0 heterocycles. The highest BCUT2D eigenvalue weighted by molar-refractivity contribution is 5.91. The lowest BCUT2D eigenvalue weighted by atomic mass is 10.1. The van der Waals surface area contributed by atoms with E-state index in [2.05, 4.69) is 18.0 Å².